The lowest BCUT2D eigenvalue weighted by Crippen LogP contribution is -2.18. The predicted molar refractivity (Wildman–Crippen MR) is 110 cm³/mol. The molecule has 4 rings (SSSR count). The standard InChI is InChI=1S/C20H21N3O4S/c1-25-14-9-8-12(17(26-2)18(14)27-3)10-22-23-11-21-19-16(20(23)24)13-6-4-5-7-15(13)28-19/h8-11H,4-7H2,1-3H3. The first-order chi connectivity index (χ1) is 13.7. The number of aromatic nitrogens is 2. The lowest BCUT2D eigenvalue weighted by atomic mass is 9.97. The van der Waals surface area contributed by atoms with Crippen LogP contribution < -0.4 is 19.8 Å². The molecule has 0 unspecified atom stereocenters. The third kappa shape index (κ3) is 3.03. The van der Waals surface area contributed by atoms with Crippen LogP contribution in [-0.4, -0.2) is 37.2 Å². The molecule has 0 amide bonds. The highest BCUT2D eigenvalue weighted by molar-refractivity contribution is 7.18. The first kappa shape index (κ1) is 18.5. The largest absolute Gasteiger partial charge is 0.493 e. The van der Waals surface area contributed by atoms with E-state index in [0.29, 0.717) is 28.2 Å². The van der Waals surface area contributed by atoms with Crippen molar-refractivity contribution in [1.82, 2.24) is 9.66 Å². The molecule has 146 valence electrons. The molecule has 2 aromatic heterocycles. The molecule has 0 spiro atoms. The van der Waals surface area contributed by atoms with Crippen molar-refractivity contribution in [3.63, 3.8) is 0 Å². The van der Waals surface area contributed by atoms with Gasteiger partial charge in [-0.3, -0.25) is 4.79 Å². The quantitative estimate of drug-likeness (QED) is 0.616. The lowest BCUT2D eigenvalue weighted by molar-refractivity contribution is 0.324. The fourth-order valence-electron chi connectivity index (χ4n) is 3.57. The van der Waals surface area contributed by atoms with Gasteiger partial charge in [-0.25, -0.2) is 4.98 Å². The first-order valence-electron chi connectivity index (χ1n) is 9.03. The molecule has 8 heteroatoms. The average Bonchev–Trinajstić information content (AvgIpc) is 3.11. The van der Waals surface area contributed by atoms with Gasteiger partial charge in [-0.2, -0.15) is 9.78 Å². The van der Waals surface area contributed by atoms with E-state index < -0.39 is 0 Å². The number of rotatable bonds is 5. The highest BCUT2D eigenvalue weighted by atomic mass is 32.1. The zero-order valence-corrected chi connectivity index (χ0v) is 16.8. The molecule has 7 nitrogen and oxygen atoms in total. The van der Waals surface area contributed by atoms with Crippen molar-refractivity contribution >= 4 is 27.8 Å². The average molecular weight is 399 g/mol. The number of methoxy groups -OCH3 is 3. The highest BCUT2D eigenvalue weighted by Gasteiger charge is 2.20. The third-order valence-electron chi connectivity index (χ3n) is 4.91. The Hall–Kier alpha value is -2.87. The fraction of sp³-hybridized carbons (Fsp3) is 0.350. The number of thiophene rings is 1. The summed E-state index contributed by atoms with van der Waals surface area (Å²) in [5.41, 5.74) is 1.68. The molecule has 0 N–H and O–H groups in total. The van der Waals surface area contributed by atoms with Gasteiger partial charge in [0.05, 0.1) is 32.9 Å². The molecule has 0 saturated carbocycles. The van der Waals surface area contributed by atoms with Gasteiger partial charge >= 0.3 is 0 Å². The van der Waals surface area contributed by atoms with Crippen LogP contribution in [0.25, 0.3) is 10.2 Å². The predicted octanol–water partition coefficient (Wildman–Crippen LogP) is 3.24. The molecule has 0 fully saturated rings. The van der Waals surface area contributed by atoms with Gasteiger partial charge in [0.15, 0.2) is 11.5 Å². The van der Waals surface area contributed by atoms with Crippen LogP contribution in [0.15, 0.2) is 28.4 Å². The minimum absolute atomic E-state index is 0.139. The van der Waals surface area contributed by atoms with Gasteiger partial charge in [-0.1, -0.05) is 0 Å². The fourth-order valence-corrected chi connectivity index (χ4v) is 4.79. The summed E-state index contributed by atoms with van der Waals surface area (Å²) in [5.74, 6) is 1.52. The van der Waals surface area contributed by atoms with Crippen LogP contribution in [-0.2, 0) is 12.8 Å². The second-order valence-electron chi connectivity index (χ2n) is 6.45. The summed E-state index contributed by atoms with van der Waals surface area (Å²) in [7, 11) is 4.66. The number of fused-ring (bicyclic) bond motifs is 3. The van der Waals surface area contributed by atoms with Gasteiger partial charge in [0.25, 0.3) is 5.56 Å². The van der Waals surface area contributed by atoms with Crippen molar-refractivity contribution in [2.24, 2.45) is 5.10 Å². The zero-order valence-electron chi connectivity index (χ0n) is 16.0. The molecule has 3 aromatic rings. The van der Waals surface area contributed by atoms with Crippen LogP contribution in [0.1, 0.15) is 28.8 Å². The van der Waals surface area contributed by atoms with Crippen molar-refractivity contribution in [2.45, 2.75) is 25.7 Å². The van der Waals surface area contributed by atoms with Gasteiger partial charge < -0.3 is 14.2 Å². The zero-order chi connectivity index (χ0) is 19.7. The van der Waals surface area contributed by atoms with Gasteiger partial charge in [-0.05, 0) is 43.4 Å². The van der Waals surface area contributed by atoms with Crippen LogP contribution >= 0.6 is 11.3 Å². The van der Waals surface area contributed by atoms with E-state index in [1.54, 1.807) is 51.0 Å². The molecule has 1 aromatic carbocycles. The molecule has 1 aliphatic carbocycles. The Morgan fingerprint density at radius 3 is 2.64 bits per heavy atom. The van der Waals surface area contributed by atoms with Crippen LogP contribution in [0, 0.1) is 0 Å². The smallest absolute Gasteiger partial charge is 0.282 e. The Morgan fingerprint density at radius 1 is 1.11 bits per heavy atom. The Labute approximate surface area is 166 Å². The lowest BCUT2D eigenvalue weighted by Gasteiger charge is -2.13. The van der Waals surface area contributed by atoms with Crippen molar-refractivity contribution in [3.8, 4) is 17.2 Å². The van der Waals surface area contributed by atoms with Gasteiger partial charge in [-0.15, -0.1) is 11.3 Å². The summed E-state index contributed by atoms with van der Waals surface area (Å²) in [6, 6.07) is 3.56. The minimum atomic E-state index is -0.139. The van der Waals surface area contributed by atoms with E-state index >= 15 is 0 Å². The van der Waals surface area contributed by atoms with E-state index in [1.807, 2.05) is 0 Å². The molecule has 0 saturated heterocycles. The van der Waals surface area contributed by atoms with E-state index in [2.05, 4.69) is 10.1 Å². The van der Waals surface area contributed by atoms with Crippen molar-refractivity contribution in [3.05, 3.63) is 44.8 Å². The number of hydrogen-bond donors (Lipinski definition) is 0. The number of hydrogen-bond acceptors (Lipinski definition) is 7. The summed E-state index contributed by atoms with van der Waals surface area (Å²) in [6.45, 7) is 0. The van der Waals surface area contributed by atoms with E-state index in [4.69, 9.17) is 14.2 Å². The molecule has 0 aliphatic heterocycles. The number of benzene rings is 1. The summed E-state index contributed by atoms with van der Waals surface area (Å²) in [6.07, 6.45) is 7.28. The molecule has 0 radical (unpaired) electrons. The normalized spacial score (nSPS) is 13.7. The van der Waals surface area contributed by atoms with Crippen LogP contribution in [0.4, 0.5) is 0 Å². The summed E-state index contributed by atoms with van der Waals surface area (Å²) in [5, 5.41) is 5.05. The number of ether oxygens (including phenoxy) is 3. The van der Waals surface area contributed by atoms with E-state index in [9.17, 15) is 4.79 Å². The van der Waals surface area contributed by atoms with Crippen molar-refractivity contribution in [1.29, 1.82) is 0 Å². The van der Waals surface area contributed by atoms with Gasteiger partial charge in [0.2, 0.25) is 5.75 Å². The molecule has 0 atom stereocenters. The summed E-state index contributed by atoms with van der Waals surface area (Å²) in [4.78, 5) is 19.5. The summed E-state index contributed by atoms with van der Waals surface area (Å²) < 4.78 is 17.4. The Morgan fingerprint density at radius 2 is 1.89 bits per heavy atom. The SMILES string of the molecule is COc1ccc(C=Nn2cnc3sc4c(c3c2=O)CCCC4)c(OC)c1OC. The van der Waals surface area contributed by atoms with Crippen molar-refractivity contribution in [2.75, 3.05) is 21.3 Å². The molecule has 0 bridgehead atoms. The second-order valence-corrected chi connectivity index (χ2v) is 7.54. The second kappa shape index (κ2) is 7.63. The topological polar surface area (TPSA) is 74.9 Å². The number of aryl methyl sites for hydroxylation is 2. The highest BCUT2D eigenvalue weighted by Crippen LogP contribution is 2.39. The van der Waals surface area contributed by atoms with Crippen LogP contribution in [0.5, 0.6) is 17.2 Å². The molecular weight excluding hydrogens is 378 g/mol. The molecular formula is C20H21N3O4S. The van der Waals surface area contributed by atoms with Crippen LogP contribution in [0.3, 0.4) is 0 Å². The first-order valence-corrected chi connectivity index (χ1v) is 9.84. The molecule has 1 aliphatic rings. The molecule has 28 heavy (non-hydrogen) atoms. The van der Waals surface area contributed by atoms with Crippen LogP contribution in [0.2, 0.25) is 0 Å². The number of nitrogens with zero attached hydrogens (tertiary/aromatic N) is 3. The van der Waals surface area contributed by atoms with Gasteiger partial charge in [0, 0.05) is 10.4 Å². The van der Waals surface area contributed by atoms with Crippen molar-refractivity contribution < 1.29 is 14.2 Å². The monoisotopic (exact) mass is 399 g/mol. The Kier molecular flexibility index (Phi) is 5.04. The molecule has 2 heterocycles. The minimum Gasteiger partial charge on any atom is -0.493 e. The van der Waals surface area contributed by atoms with Gasteiger partial charge in [0.1, 0.15) is 11.2 Å². The van der Waals surface area contributed by atoms with E-state index in [1.165, 1.54) is 22.3 Å². The van der Waals surface area contributed by atoms with E-state index in [-0.39, 0.29) is 5.56 Å². The van der Waals surface area contributed by atoms with E-state index in [0.717, 1.165) is 29.7 Å². The third-order valence-corrected chi connectivity index (χ3v) is 6.11. The maximum Gasteiger partial charge on any atom is 0.282 e. The Bertz CT molecular complexity index is 1120. The maximum absolute atomic E-state index is 13.0. The Balaban J connectivity index is 1.77. The summed E-state index contributed by atoms with van der Waals surface area (Å²) >= 11 is 1.63. The maximum atomic E-state index is 13.0.